The molecule has 0 bridgehead atoms. The molecular weight excluding hydrogens is 296 g/mol. The first-order chi connectivity index (χ1) is 11.8. The molecule has 0 spiro atoms. The Bertz CT molecular complexity index is 708. The van der Waals surface area contributed by atoms with Crippen LogP contribution in [-0.4, -0.2) is 10.9 Å². The van der Waals surface area contributed by atoms with E-state index in [-0.39, 0.29) is 5.91 Å². The van der Waals surface area contributed by atoms with Gasteiger partial charge in [-0.2, -0.15) is 0 Å². The van der Waals surface area contributed by atoms with E-state index in [0.29, 0.717) is 6.42 Å². The molecule has 0 saturated heterocycles. The predicted molar refractivity (Wildman–Crippen MR) is 100 cm³/mol. The van der Waals surface area contributed by atoms with Crippen LogP contribution in [0.4, 0.5) is 5.69 Å². The zero-order valence-electron chi connectivity index (χ0n) is 14.7. The zero-order chi connectivity index (χ0) is 16.8. The minimum absolute atomic E-state index is 0.149. The molecule has 0 fully saturated rings. The number of aryl methyl sites for hydroxylation is 1. The first kappa shape index (κ1) is 16.9. The summed E-state index contributed by atoms with van der Waals surface area (Å²) < 4.78 is 0. The van der Waals surface area contributed by atoms with Gasteiger partial charge in [0.05, 0.1) is 11.2 Å². The van der Waals surface area contributed by atoms with Crippen LogP contribution in [0.5, 0.6) is 0 Å². The van der Waals surface area contributed by atoms with E-state index in [1.165, 1.54) is 36.9 Å². The number of nitrogens with one attached hydrogen (secondary N) is 1. The Labute approximate surface area is 144 Å². The highest BCUT2D eigenvalue weighted by atomic mass is 16.1. The van der Waals surface area contributed by atoms with E-state index >= 15 is 0 Å². The Morgan fingerprint density at radius 1 is 1.08 bits per heavy atom. The van der Waals surface area contributed by atoms with Gasteiger partial charge in [-0.25, -0.2) is 0 Å². The molecule has 3 heteroatoms. The average molecular weight is 324 g/mol. The van der Waals surface area contributed by atoms with Gasteiger partial charge in [0.25, 0.3) is 0 Å². The third kappa shape index (κ3) is 3.95. The van der Waals surface area contributed by atoms with Gasteiger partial charge in [-0.15, -0.1) is 0 Å². The maximum Gasteiger partial charge on any atom is 0.224 e. The highest BCUT2D eigenvalue weighted by Crippen LogP contribution is 2.34. The van der Waals surface area contributed by atoms with Gasteiger partial charge in [0.2, 0.25) is 5.91 Å². The van der Waals surface area contributed by atoms with Crippen molar-refractivity contribution in [3.63, 3.8) is 0 Å². The van der Waals surface area contributed by atoms with Gasteiger partial charge in [0.1, 0.15) is 0 Å². The predicted octanol–water partition coefficient (Wildman–Crippen LogP) is 5.41. The molecule has 0 aliphatic heterocycles. The fourth-order valence-corrected chi connectivity index (χ4v) is 3.62. The molecule has 1 heterocycles. The number of nitrogens with zero attached hydrogens (tertiary/aromatic N) is 1. The lowest BCUT2D eigenvalue weighted by molar-refractivity contribution is -0.116. The zero-order valence-corrected chi connectivity index (χ0v) is 14.7. The molecule has 3 nitrogen and oxygen atoms in total. The second-order valence-electron chi connectivity index (χ2n) is 6.85. The number of benzene rings is 1. The molecule has 0 atom stereocenters. The summed E-state index contributed by atoms with van der Waals surface area (Å²) in [5, 5.41) is 4.29. The van der Waals surface area contributed by atoms with Gasteiger partial charge >= 0.3 is 0 Å². The molecule has 24 heavy (non-hydrogen) atoms. The number of carbonyl (C=O) groups is 1. The second-order valence-corrected chi connectivity index (χ2v) is 6.85. The first-order valence-electron chi connectivity index (χ1n) is 9.50. The lowest BCUT2D eigenvalue weighted by Crippen LogP contribution is -2.13. The Kier molecular flexibility index (Phi) is 5.84. The van der Waals surface area contributed by atoms with E-state index in [9.17, 15) is 4.79 Å². The van der Waals surface area contributed by atoms with Crippen LogP contribution in [0.2, 0.25) is 0 Å². The van der Waals surface area contributed by atoms with E-state index in [1.54, 1.807) is 0 Å². The summed E-state index contributed by atoms with van der Waals surface area (Å²) in [6.07, 6.45) is 11.1. The molecule has 1 amide bonds. The largest absolute Gasteiger partial charge is 0.325 e. The summed E-state index contributed by atoms with van der Waals surface area (Å²) in [7, 11) is 0. The van der Waals surface area contributed by atoms with Crippen molar-refractivity contribution in [2.24, 2.45) is 0 Å². The van der Waals surface area contributed by atoms with Crippen molar-refractivity contribution in [3.8, 4) is 0 Å². The molecule has 2 aromatic rings. The van der Waals surface area contributed by atoms with Crippen LogP contribution < -0.4 is 5.32 Å². The molecule has 1 aliphatic carbocycles. The van der Waals surface area contributed by atoms with Gasteiger partial charge in [-0.05, 0) is 37.3 Å². The van der Waals surface area contributed by atoms with Crippen LogP contribution >= 0.6 is 0 Å². The lowest BCUT2D eigenvalue weighted by Gasteiger charge is -2.13. The van der Waals surface area contributed by atoms with Crippen molar-refractivity contribution in [2.45, 2.75) is 71.1 Å². The van der Waals surface area contributed by atoms with Gasteiger partial charge < -0.3 is 5.32 Å². The van der Waals surface area contributed by atoms with Crippen molar-refractivity contribution < 1.29 is 4.79 Å². The van der Waals surface area contributed by atoms with E-state index in [1.807, 2.05) is 18.2 Å². The van der Waals surface area contributed by atoms with Gasteiger partial charge in [0.15, 0.2) is 0 Å². The van der Waals surface area contributed by atoms with Gasteiger partial charge in [-0.1, -0.05) is 57.2 Å². The fourth-order valence-electron chi connectivity index (χ4n) is 3.62. The van der Waals surface area contributed by atoms with Crippen molar-refractivity contribution in [1.29, 1.82) is 0 Å². The standard InChI is InChI=1S/C21H28N2O/c1-2-3-4-5-6-7-15-20(24)23-21-16-11-8-9-13-18(16)22-19-14-10-12-17(19)21/h8-9,11,13H,2-7,10,12,14-15H2,1H3,(H,22,23,24). The Hall–Kier alpha value is -1.90. The summed E-state index contributed by atoms with van der Waals surface area (Å²) in [6, 6.07) is 8.14. The summed E-state index contributed by atoms with van der Waals surface area (Å²) in [6.45, 7) is 2.23. The van der Waals surface area contributed by atoms with E-state index < -0.39 is 0 Å². The minimum atomic E-state index is 0.149. The number of unbranched alkanes of at least 4 members (excludes halogenated alkanes) is 5. The third-order valence-corrected chi connectivity index (χ3v) is 4.94. The van der Waals surface area contributed by atoms with Crippen molar-refractivity contribution >= 4 is 22.5 Å². The monoisotopic (exact) mass is 324 g/mol. The number of hydrogen-bond donors (Lipinski definition) is 1. The maximum atomic E-state index is 12.4. The number of para-hydroxylation sites is 1. The van der Waals surface area contributed by atoms with Gasteiger partial charge in [0, 0.05) is 17.5 Å². The number of aromatic nitrogens is 1. The molecule has 0 saturated carbocycles. The molecule has 1 N–H and O–H groups in total. The number of carbonyl (C=O) groups excluding carboxylic acids is 1. The number of amides is 1. The number of fused-ring (bicyclic) bond motifs is 2. The Balaban J connectivity index is 1.65. The number of pyridine rings is 1. The highest BCUT2D eigenvalue weighted by Gasteiger charge is 2.20. The molecule has 0 radical (unpaired) electrons. The number of anilines is 1. The highest BCUT2D eigenvalue weighted by molar-refractivity contribution is 6.02. The Morgan fingerprint density at radius 3 is 2.75 bits per heavy atom. The molecular formula is C21H28N2O. The summed E-state index contributed by atoms with van der Waals surface area (Å²) in [5.74, 6) is 0.149. The van der Waals surface area contributed by atoms with Crippen LogP contribution in [0, 0.1) is 0 Å². The number of hydrogen-bond acceptors (Lipinski definition) is 2. The SMILES string of the molecule is CCCCCCCCC(=O)Nc1c2c(nc3ccccc13)CCC2. The van der Waals surface area contributed by atoms with E-state index in [2.05, 4.69) is 18.3 Å². The van der Waals surface area contributed by atoms with Crippen molar-refractivity contribution in [3.05, 3.63) is 35.5 Å². The van der Waals surface area contributed by atoms with Crippen molar-refractivity contribution in [1.82, 2.24) is 4.98 Å². The van der Waals surface area contributed by atoms with Crippen LogP contribution in [0.3, 0.4) is 0 Å². The van der Waals surface area contributed by atoms with Gasteiger partial charge in [-0.3, -0.25) is 9.78 Å². The number of rotatable bonds is 8. The van der Waals surface area contributed by atoms with Crippen molar-refractivity contribution in [2.75, 3.05) is 5.32 Å². The topological polar surface area (TPSA) is 42.0 Å². The first-order valence-corrected chi connectivity index (χ1v) is 9.50. The minimum Gasteiger partial charge on any atom is -0.325 e. The van der Waals surface area contributed by atoms with Crippen LogP contribution in [0.15, 0.2) is 24.3 Å². The fraction of sp³-hybridized carbons (Fsp3) is 0.524. The van der Waals surface area contributed by atoms with E-state index in [0.717, 1.165) is 48.7 Å². The lowest BCUT2D eigenvalue weighted by atomic mass is 10.1. The quantitative estimate of drug-likeness (QED) is 0.659. The molecule has 128 valence electrons. The second kappa shape index (κ2) is 8.27. The third-order valence-electron chi connectivity index (χ3n) is 4.94. The van der Waals surface area contributed by atoms with Crippen LogP contribution in [0.25, 0.3) is 10.9 Å². The Morgan fingerprint density at radius 2 is 1.88 bits per heavy atom. The normalized spacial score (nSPS) is 13.2. The summed E-state index contributed by atoms with van der Waals surface area (Å²) in [5.41, 5.74) is 4.44. The smallest absolute Gasteiger partial charge is 0.224 e. The van der Waals surface area contributed by atoms with Crippen LogP contribution in [-0.2, 0) is 17.6 Å². The summed E-state index contributed by atoms with van der Waals surface area (Å²) >= 11 is 0. The molecule has 1 aromatic heterocycles. The molecule has 0 unspecified atom stereocenters. The van der Waals surface area contributed by atoms with Crippen LogP contribution in [0.1, 0.15) is 69.5 Å². The maximum absolute atomic E-state index is 12.4. The summed E-state index contributed by atoms with van der Waals surface area (Å²) in [4.78, 5) is 17.2. The van der Waals surface area contributed by atoms with E-state index in [4.69, 9.17) is 4.98 Å². The molecule has 1 aliphatic rings. The average Bonchev–Trinajstić information content (AvgIpc) is 3.06. The molecule has 3 rings (SSSR count). The molecule has 1 aromatic carbocycles.